The van der Waals surface area contributed by atoms with E-state index in [1.165, 1.54) is 6.08 Å². The van der Waals surface area contributed by atoms with E-state index in [1.54, 1.807) is 24.3 Å². The molecule has 1 aromatic carbocycles. The van der Waals surface area contributed by atoms with Crippen LogP contribution in [0.2, 0.25) is 0 Å². The number of hydrogen-bond acceptors (Lipinski definition) is 7. The lowest BCUT2D eigenvalue weighted by atomic mass is 9.82. The number of Topliss-reactive ketones (excluding diaryl/α,β-unsaturated/α-hetero) is 1. The van der Waals surface area contributed by atoms with Crippen molar-refractivity contribution in [3.05, 3.63) is 42.0 Å². The summed E-state index contributed by atoms with van der Waals surface area (Å²) in [5.74, 6) is -5.96. The molecule has 0 bridgehead atoms. The SMILES string of the molecule is CC(C)CCCCC(=O)CCCCCCC=C[C@H](C(=O)N[C@@H](Cc1ccc(OCCC(C)C)cc1)C(=O)O)C(O)(CC(=O)O)C(=O)O. The monoisotopic (exact) mass is 661 g/mol. The second-order valence-corrected chi connectivity index (χ2v) is 13.1. The number of carboxylic acids is 3. The maximum Gasteiger partial charge on any atom is 0.337 e. The van der Waals surface area contributed by atoms with Gasteiger partial charge in [-0.05, 0) is 61.6 Å². The molecule has 11 heteroatoms. The Morgan fingerprint density at radius 3 is 1.98 bits per heavy atom. The number of ketones is 1. The lowest BCUT2D eigenvalue weighted by molar-refractivity contribution is -0.172. The Kier molecular flexibility index (Phi) is 19.3. The number of rotatable bonds is 26. The Morgan fingerprint density at radius 1 is 0.830 bits per heavy atom. The molecule has 1 rings (SSSR count). The number of benzene rings is 1. The first-order valence-electron chi connectivity index (χ1n) is 16.8. The fraction of sp³-hybridized carbons (Fsp3) is 0.639. The van der Waals surface area contributed by atoms with Crippen LogP contribution in [0.3, 0.4) is 0 Å². The van der Waals surface area contributed by atoms with Crippen LogP contribution in [0, 0.1) is 17.8 Å². The van der Waals surface area contributed by atoms with E-state index in [0.29, 0.717) is 55.4 Å². The van der Waals surface area contributed by atoms with Crippen molar-refractivity contribution in [3.63, 3.8) is 0 Å². The number of carboxylic acid groups (broad SMARTS) is 3. The van der Waals surface area contributed by atoms with Gasteiger partial charge in [-0.15, -0.1) is 0 Å². The minimum absolute atomic E-state index is 0.144. The summed E-state index contributed by atoms with van der Waals surface area (Å²) < 4.78 is 5.68. The molecule has 1 aromatic rings. The molecule has 47 heavy (non-hydrogen) atoms. The van der Waals surface area contributed by atoms with Gasteiger partial charge < -0.3 is 30.5 Å². The maximum absolute atomic E-state index is 13.3. The standard InChI is InChI=1S/C36H55NO10/c1-25(2)13-11-12-15-28(38)14-9-7-5-6-8-10-16-30(36(46,35(44)45)24-32(39)40)33(41)37-31(34(42)43)23-27-17-19-29(20-18-27)47-22-21-26(3)4/h10,16-20,25-26,30-31,46H,5-9,11-15,21-24H2,1-4H3,(H,37,41)(H,39,40)(H,42,43)(H,44,45)/t30-,31+,36?/m1/s1. The van der Waals surface area contributed by atoms with Crippen LogP contribution in [-0.2, 0) is 30.4 Å². The van der Waals surface area contributed by atoms with Gasteiger partial charge in [0.2, 0.25) is 5.91 Å². The number of ether oxygens (including phenoxy) is 1. The van der Waals surface area contributed by atoms with E-state index < -0.39 is 47.8 Å². The van der Waals surface area contributed by atoms with Gasteiger partial charge in [0, 0.05) is 19.3 Å². The van der Waals surface area contributed by atoms with Crippen molar-refractivity contribution in [2.45, 2.75) is 123 Å². The summed E-state index contributed by atoms with van der Waals surface area (Å²) in [6.07, 6.45) is 9.73. The smallest absolute Gasteiger partial charge is 0.337 e. The molecular weight excluding hydrogens is 606 g/mol. The number of carbonyl (C=O) groups excluding carboxylic acids is 2. The third kappa shape index (κ3) is 17.1. The summed E-state index contributed by atoms with van der Waals surface area (Å²) in [5.41, 5.74) is -2.45. The van der Waals surface area contributed by atoms with E-state index in [2.05, 4.69) is 33.0 Å². The summed E-state index contributed by atoms with van der Waals surface area (Å²) in [7, 11) is 0. The van der Waals surface area contributed by atoms with Gasteiger partial charge in [-0.1, -0.05) is 77.7 Å². The normalized spacial score (nSPS) is 14.1. The number of allylic oxidation sites excluding steroid dienone is 1. The van der Waals surface area contributed by atoms with Crippen molar-refractivity contribution in [2.24, 2.45) is 17.8 Å². The summed E-state index contributed by atoms with van der Waals surface area (Å²) in [6.45, 7) is 9.02. The Morgan fingerprint density at radius 2 is 1.43 bits per heavy atom. The zero-order valence-electron chi connectivity index (χ0n) is 28.4. The predicted octanol–water partition coefficient (Wildman–Crippen LogP) is 5.81. The third-order valence-corrected chi connectivity index (χ3v) is 7.92. The van der Waals surface area contributed by atoms with Crippen LogP contribution in [0.1, 0.15) is 110 Å². The zero-order chi connectivity index (χ0) is 35.4. The van der Waals surface area contributed by atoms with Crippen molar-refractivity contribution in [2.75, 3.05) is 6.61 Å². The third-order valence-electron chi connectivity index (χ3n) is 7.92. The summed E-state index contributed by atoms with van der Waals surface area (Å²) in [5, 5.41) is 42.1. The fourth-order valence-electron chi connectivity index (χ4n) is 5.01. The van der Waals surface area contributed by atoms with Gasteiger partial charge in [0.1, 0.15) is 17.6 Å². The number of aliphatic hydroxyl groups is 1. The average molecular weight is 662 g/mol. The highest BCUT2D eigenvalue weighted by Crippen LogP contribution is 2.26. The van der Waals surface area contributed by atoms with Crippen LogP contribution < -0.4 is 10.1 Å². The van der Waals surface area contributed by atoms with E-state index >= 15 is 0 Å². The molecule has 0 aliphatic carbocycles. The predicted molar refractivity (Wildman–Crippen MR) is 178 cm³/mol. The molecular formula is C36H55NO10. The van der Waals surface area contributed by atoms with Gasteiger partial charge >= 0.3 is 17.9 Å². The Labute approximate surface area is 278 Å². The number of amides is 1. The summed E-state index contributed by atoms with van der Waals surface area (Å²) in [4.78, 5) is 61.0. The molecule has 264 valence electrons. The summed E-state index contributed by atoms with van der Waals surface area (Å²) in [6, 6.07) is 5.21. The topological polar surface area (TPSA) is 188 Å². The number of unbranched alkanes of at least 4 members (excludes halogenated alkanes) is 5. The Balaban J connectivity index is 2.83. The van der Waals surface area contributed by atoms with Crippen LogP contribution in [0.5, 0.6) is 5.75 Å². The van der Waals surface area contributed by atoms with Crippen molar-refractivity contribution in [1.82, 2.24) is 5.32 Å². The van der Waals surface area contributed by atoms with E-state index in [4.69, 9.17) is 4.74 Å². The largest absolute Gasteiger partial charge is 0.494 e. The molecule has 0 saturated carbocycles. The average Bonchev–Trinajstić information content (AvgIpc) is 2.98. The Bertz CT molecular complexity index is 1160. The molecule has 0 heterocycles. The van der Waals surface area contributed by atoms with Gasteiger partial charge in [-0.3, -0.25) is 14.4 Å². The molecule has 0 aromatic heterocycles. The van der Waals surface area contributed by atoms with Crippen LogP contribution in [0.15, 0.2) is 36.4 Å². The van der Waals surface area contributed by atoms with Crippen LogP contribution in [0.4, 0.5) is 0 Å². The molecule has 1 unspecified atom stereocenters. The number of hydrogen-bond donors (Lipinski definition) is 5. The highest BCUT2D eigenvalue weighted by molar-refractivity contribution is 5.94. The van der Waals surface area contributed by atoms with Gasteiger partial charge in [0.25, 0.3) is 0 Å². The highest BCUT2D eigenvalue weighted by atomic mass is 16.5. The Hall–Kier alpha value is -3.73. The fourth-order valence-corrected chi connectivity index (χ4v) is 5.01. The number of aliphatic carboxylic acids is 3. The maximum atomic E-state index is 13.3. The van der Waals surface area contributed by atoms with E-state index in [-0.39, 0.29) is 12.2 Å². The molecule has 0 aliphatic heterocycles. The number of nitrogens with one attached hydrogen (secondary N) is 1. The lowest BCUT2D eigenvalue weighted by Crippen LogP contribution is -2.55. The van der Waals surface area contributed by atoms with Crippen molar-refractivity contribution in [1.29, 1.82) is 0 Å². The molecule has 5 N–H and O–H groups in total. The van der Waals surface area contributed by atoms with E-state index in [0.717, 1.165) is 51.0 Å². The molecule has 3 atom stereocenters. The minimum Gasteiger partial charge on any atom is -0.494 e. The highest BCUT2D eigenvalue weighted by Gasteiger charge is 2.49. The van der Waals surface area contributed by atoms with E-state index in [1.807, 2.05) is 0 Å². The quantitative estimate of drug-likeness (QED) is 0.0599. The van der Waals surface area contributed by atoms with E-state index in [9.17, 15) is 44.4 Å². The van der Waals surface area contributed by atoms with Crippen LogP contribution in [0.25, 0.3) is 0 Å². The molecule has 0 saturated heterocycles. The second kappa shape index (κ2) is 22.0. The van der Waals surface area contributed by atoms with Crippen molar-refractivity contribution in [3.8, 4) is 5.75 Å². The lowest BCUT2D eigenvalue weighted by Gasteiger charge is -2.29. The second-order valence-electron chi connectivity index (χ2n) is 13.1. The summed E-state index contributed by atoms with van der Waals surface area (Å²) >= 11 is 0. The molecule has 0 aliphatic rings. The van der Waals surface area contributed by atoms with Gasteiger partial charge in [0.15, 0.2) is 5.60 Å². The van der Waals surface area contributed by atoms with Crippen molar-refractivity contribution < 1.29 is 49.1 Å². The molecule has 0 radical (unpaired) electrons. The van der Waals surface area contributed by atoms with Crippen LogP contribution in [-0.4, -0.2) is 68.3 Å². The number of carbonyl (C=O) groups is 5. The van der Waals surface area contributed by atoms with Crippen molar-refractivity contribution >= 4 is 29.6 Å². The first-order valence-corrected chi connectivity index (χ1v) is 16.8. The first-order chi connectivity index (χ1) is 22.1. The molecule has 0 fully saturated rings. The van der Waals surface area contributed by atoms with Gasteiger partial charge in [-0.2, -0.15) is 0 Å². The zero-order valence-corrected chi connectivity index (χ0v) is 28.4. The molecule has 11 nitrogen and oxygen atoms in total. The minimum atomic E-state index is -3.01. The van der Waals surface area contributed by atoms with Gasteiger partial charge in [-0.25, -0.2) is 9.59 Å². The first kappa shape index (κ1) is 41.3. The molecule has 1 amide bonds. The molecule has 0 spiro atoms. The van der Waals surface area contributed by atoms with Gasteiger partial charge in [0.05, 0.1) is 18.9 Å². The van der Waals surface area contributed by atoms with Crippen LogP contribution >= 0.6 is 0 Å².